The highest BCUT2D eigenvalue weighted by Crippen LogP contribution is 2.19. The van der Waals surface area contributed by atoms with Crippen molar-refractivity contribution >= 4 is 13.3 Å². The number of nitrogens with zero attached hydrogens (tertiary/aromatic N) is 1. The molecule has 0 aliphatic carbocycles. The van der Waals surface area contributed by atoms with E-state index in [-0.39, 0.29) is 6.42 Å². The Labute approximate surface area is 192 Å². The average molecular weight is 452 g/mol. The molecule has 0 aliphatic rings. The molecule has 0 saturated carbocycles. The molecule has 0 amide bonds. The third kappa shape index (κ3) is 24.0. The van der Waals surface area contributed by atoms with E-state index in [2.05, 4.69) is 27.7 Å². The van der Waals surface area contributed by atoms with E-state index in [1.165, 1.54) is 82.0 Å². The van der Waals surface area contributed by atoms with Crippen LogP contribution in [0.15, 0.2) is 0 Å². The maximum atomic E-state index is 11.8. The lowest BCUT2D eigenvalue weighted by atomic mass is 9.83. The van der Waals surface area contributed by atoms with Gasteiger partial charge in [0.05, 0.1) is 26.2 Å². The lowest BCUT2D eigenvalue weighted by Crippen LogP contribution is -2.50. The highest BCUT2D eigenvalue weighted by atomic mass is 19.4. The van der Waals surface area contributed by atoms with E-state index in [0.717, 1.165) is 32.0 Å². The molecule has 0 bridgehead atoms. The zero-order chi connectivity index (χ0) is 23.8. The summed E-state index contributed by atoms with van der Waals surface area (Å²) in [5, 5.41) is 0. The molecule has 31 heavy (non-hydrogen) atoms. The smallest absolute Gasteiger partial charge is 0.449 e. The first-order valence-electron chi connectivity index (χ1n) is 13.3. The van der Waals surface area contributed by atoms with Crippen molar-refractivity contribution in [3.63, 3.8) is 0 Å². The molecule has 0 aromatic heterocycles. The van der Waals surface area contributed by atoms with Gasteiger partial charge in [0.1, 0.15) is 6.29 Å². The minimum Gasteiger partial charge on any atom is -0.449 e. The predicted molar refractivity (Wildman–Crippen MR) is 132 cm³/mol. The van der Waals surface area contributed by atoms with Crippen molar-refractivity contribution in [2.45, 2.75) is 130 Å². The number of carbonyl (C=O) groups excluding carboxylic acids is 1. The van der Waals surface area contributed by atoms with Crippen LogP contribution in [0.3, 0.4) is 0 Å². The molecule has 0 heterocycles. The number of unbranched alkanes of at least 4 members (excludes halogenated alkanes) is 10. The van der Waals surface area contributed by atoms with Gasteiger partial charge in [0.25, 0.3) is 0 Å². The molecule has 0 fully saturated rings. The van der Waals surface area contributed by atoms with Crippen molar-refractivity contribution in [3.8, 4) is 0 Å². The van der Waals surface area contributed by atoms with Crippen molar-refractivity contribution < 1.29 is 22.2 Å². The molecule has 0 spiro atoms. The van der Waals surface area contributed by atoms with Crippen LogP contribution in [0.1, 0.15) is 124 Å². The van der Waals surface area contributed by atoms with Gasteiger partial charge in [-0.3, -0.25) is 0 Å². The van der Waals surface area contributed by atoms with Crippen LogP contribution in [0.2, 0.25) is 6.32 Å². The normalized spacial score (nSPS) is 11.8. The molecule has 0 aliphatic heterocycles. The Morgan fingerprint density at radius 3 is 1.26 bits per heavy atom. The van der Waals surface area contributed by atoms with Gasteiger partial charge in [0.2, 0.25) is 0 Å². The van der Waals surface area contributed by atoms with Crippen LogP contribution in [-0.4, -0.2) is 43.9 Å². The minimum absolute atomic E-state index is 0.261. The molecule has 0 unspecified atom stereocenters. The standard InChI is InChI=1S/C16H36N.C9H17BF3O/c1-5-9-13-17(14-10-6-2,15-11-7-3)16-12-8-4;11-10(12,13)8-6-4-2-1-3-5-7-9-14/h5-16H2,1-4H3;9H,1-8H2/q+1;-1. The van der Waals surface area contributed by atoms with Crippen LogP contribution in [0.4, 0.5) is 12.9 Å². The Morgan fingerprint density at radius 1 is 0.581 bits per heavy atom. The summed E-state index contributed by atoms with van der Waals surface area (Å²) in [6, 6.07) is 0. The molecule has 0 atom stereocenters. The fraction of sp³-hybridized carbons (Fsp3) is 0.960. The largest absolute Gasteiger partial charge is 0.478 e. The van der Waals surface area contributed by atoms with Crippen LogP contribution in [-0.2, 0) is 4.79 Å². The highest BCUT2D eigenvalue weighted by molar-refractivity contribution is 6.58. The van der Waals surface area contributed by atoms with Gasteiger partial charge in [-0.25, -0.2) is 0 Å². The zero-order valence-corrected chi connectivity index (χ0v) is 21.3. The van der Waals surface area contributed by atoms with Gasteiger partial charge in [0, 0.05) is 6.42 Å². The van der Waals surface area contributed by atoms with Gasteiger partial charge in [-0.1, -0.05) is 91.8 Å². The molecule has 188 valence electrons. The average Bonchev–Trinajstić information content (AvgIpc) is 2.74. The maximum absolute atomic E-state index is 11.8. The molecule has 2 nitrogen and oxygen atoms in total. The SMILES string of the molecule is CCCC[N+](CCCC)(CCCC)CCCC.O=CCCCCCCCC[B-](F)(F)F. The number of hydrogen-bond acceptors (Lipinski definition) is 1. The van der Waals surface area contributed by atoms with Crippen LogP contribution in [0, 0.1) is 0 Å². The summed E-state index contributed by atoms with van der Waals surface area (Å²) in [5.41, 5.74) is 0. The van der Waals surface area contributed by atoms with E-state index in [9.17, 15) is 17.7 Å². The van der Waals surface area contributed by atoms with E-state index in [1.807, 2.05) is 0 Å². The third-order valence-electron chi connectivity index (χ3n) is 6.05. The van der Waals surface area contributed by atoms with Crippen LogP contribution in [0.25, 0.3) is 0 Å². The second-order valence-electron chi connectivity index (χ2n) is 9.23. The molecule has 0 N–H and O–H groups in total. The maximum Gasteiger partial charge on any atom is 0.478 e. The Hall–Kier alpha value is -0.515. The molecule has 0 saturated heterocycles. The topological polar surface area (TPSA) is 17.1 Å². The van der Waals surface area contributed by atoms with E-state index >= 15 is 0 Å². The Bertz CT molecular complexity index is 341. The van der Waals surface area contributed by atoms with Gasteiger partial charge < -0.3 is 22.2 Å². The number of quaternary nitrogens is 1. The van der Waals surface area contributed by atoms with Gasteiger partial charge >= 0.3 is 6.98 Å². The lowest BCUT2D eigenvalue weighted by molar-refractivity contribution is -0.929. The first kappa shape index (κ1) is 32.7. The summed E-state index contributed by atoms with van der Waals surface area (Å²) in [4.78, 5) is 9.93. The van der Waals surface area contributed by atoms with Crippen molar-refractivity contribution in [1.29, 1.82) is 0 Å². The quantitative estimate of drug-likeness (QED) is 0.0738. The molecule has 0 aromatic carbocycles. The fourth-order valence-corrected chi connectivity index (χ4v) is 3.96. The molecule has 0 radical (unpaired) electrons. The number of hydrogen-bond donors (Lipinski definition) is 0. The minimum atomic E-state index is -4.58. The van der Waals surface area contributed by atoms with E-state index in [4.69, 9.17) is 0 Å². The summed E-state index contributed by atoms with van der Waals surface area (Å²) >= 11 is 0. The molecular formula is C25H53BF3NO. The number of aldehydes is 1. The first-order chi connectivity index (χ1) is 14.8. The molecule has 0 aromatic rings. The summed E-state index contributed by atoms with van der Waals surface area (Å²) < 4.78 is 36.7. The summed E-state index contributed by atoms with van der Waals surface area (Å²) in [6.45, 7) is 10.4. The highest BCUT2D eigenvalue weighted by Gasteiger charge is 2.24. The van der Waals surface area contributed by atoms with Crippen LogP contribution >= 0.6 is 0 Å². The van der Waals surface area contributed by atoms with Crippen molar-refractivity contribution in [3.05, 3.63) is 0 Å². The summed E-state index contributed by atoms with van der Waals surface area (Å²) in [7, 11) is 0. The van der Waals surface area contributed by atoms with Crippen molar-refractivity contribution in [1.82, 2.24) is 0 Å². The Kier molecular flexibility index (Phi) is 23.9. The second-order valence-corrected chi connectivity index (χ2v) is 9.23. The monoisotopic (exact) mass is 451 g/mol. The zero-order valence-electron chi connectivity index (χ0n) is 21.3. The molecular weight excluding hydrogens is 398 g/mol. The predicted octanol–water partition coefficient (Wildman–Crippen LogP) is 8.77. The van der Waals surface area contributed by atoms with Crippen molar-refractivity contribution in [2.24, 2.45) is 0 Å². The van der Waals surface area contributed by atoms with Crippen molar-refractivity contribution in [2.75, 3.05) is 26.2 Å². The second kappa shape index (κ2) is 22.7. The van der Waals surface area contributed by atoms with E-state index < -0.39 is 13.3 Å². The van der Waals surface area contributed by atoms with Gasteiger partial charge in [0.15, 0.2) is 0 Å². The Morgan fingerprint density at radius 2 is 0.935 bits per heavy atom. The lowest BCUT2D eigenvalue weighted by Gasteiger charge is -2.39. The Balaban J connectivity index is 0. The van der Waals surface area contributed by atoms with Crippen LogP contribution < -0.4 is 0 Å². The van der Waals surface area contributed by atoms with Gasteiger partial charge in [-0.2, -0.15) is 0 Å². The van der Waals surface area contributed by atoms with Crippen LogP contribution in [0.5, 0.6) is 0 Å². The molecule has 0 rings (SSSR count). The number of carbonyl (C=O) groups is 1. The fourth-order valence-electron chi connectivity index (χ4n) is 3.96. The number of rotatable bonds is 21. The molecule has 6 heteroatoms. The summed E-state index contributed by atoms with van der Waals surface area (Å²) in [5.74, 6) is 0. The number of halogens is 3. The van der Waals surface area contributed by atoms with E-state index in [0.29, 0.717) is 12.8 Å². The van der Waals surface area contributed by atoms with E-state index in [1.54, 1.807) is 0 Å². The van der Waals surface area contributed by atoms with Gasteiger partial charge in [-0.05, 0) is 32.1 Å². The van der Waals surface area contributed by atoms with Gasteiger partial charge in [-0.15, -0.1) is 0 Å². The summed E-state index contributed by atoms with van der Waals surface area (Å²) in [6.07, 6.45) is 16.4. The first-order valence-corrected chi connectivity index (χ1v) is 13.3. The third-order valence-corrected chi connectivity index (χ3v) is 6.05.